The average molecular weight is 325 g/mol. The number of hydrogen-bond acceptors (Lipinski definition) is 4. The summed E-state index contributed by atoms with van der Waals surface area (Å²) in [5.74, 6) is 0.741. The van der Waals surface area contributed by atoms with Crippen LogP contribution in [-0.4, -0.2) is 27.7 Å². The first kappa shape index (κ1) is 15.1. The van der Waals surface area contributed by atoms with Crippen LogP contribution in [0.1, 0.15) is 24.1 Å². The van der Waals surface area contributed by atoms with E-state index in [4.69, 9.17) is 10.7 Å². The fourth-order valence-electron chi connectivity index (χ4n) is 3.27. The van der Waals surface area contributed by atoms with Crippen molar-refractivity contribution in [1.29, 1.82) is 0 Å². The van der Waals surface area contributed by atoms with Crippen molar-refractivity contribution < 1.29 is 4.39 Å². The number of hydrogen-bond donors (Lipinski definition) is 2. The summed E-state index contributed by atoms with van der Waals surface area (Å²) in [7, 11) is 0. The Balaban J connectivity index is 1.82. The Hall–Kier alpha value is -2.47. The molecular formula is C18H20FN5. The van der Waals surface area contributed by atoms with Gasteiger partial charge in [-0.3, -0.25) is 0 Å². The van der Waals surface area contributed by atoms with Crippen LogP contribution in [-0.2, 0) is 12.8 Å². The molecule has 0 fully saturated rings. The number of nitrogens with zero attached hydrogens (tertiary/aromatic N) is 3. The predicted molar refractivity (Wildman–Crippen MR) is 92.6 cm³/mol. The number of aromatic nitrogens is 3. The van der Waals surface area contributed by atoms with Gasteiger partial charge in [0.2, 0.25) is 0 Å². The molecule has 0 spiro atoms. The zero-order valence-corrected chi connectivity index (χ0v) is 13.4. The summed E-state index contributed by atoms with van der Waals surface area (Å²) in [6, 6.07) is 8.41. The Morgan fingerprint density at radius 1 is 1.25 bits per heavy atom. The van der Waals surface area contributed by atoms with Gasteiger partial charge in [0.15, 0.2) is 5.65 Å². The van der Waals surface area contributed by atoms with E-state index in [2.05, 4.69) is 10.4 Å². The highest BCUT2D eigenvalue weighted by Gasteiger charge is 2.21. The van der Waals surface area contributed by atoms with Crippen molar-refractivity contribution in [2.24, 2.45) is 5.73 Å². The van der Waals surface area contributed by atoms with Gasteiger partial charge in [-0.25, -0.2) is 9.37 Å². The lowest BCUT2D eigenvalue weighted by atomic mass is 10.1. The number of rotatable bonds is 5. The normalized spacial score (nSPS) is 13.4. The molecule has 5 nitrogen and oxygen atoms in total. The second kappa shape index (κ2) is 6.20. The molecule has 1 aromatic carbocycles. The van der Waals surface area contributed by atoms with E-state index < -0.39 is 0 Å². The van der Waals surface area contributed by atoms with Gasteiger partial charge >= 0.3 is 0 Å². The number of aryl methyl sites for hydroxylation is 1. The predicted octanol–water partition coefficient (Wildman–Crippen LogP) is 2.78. The topological polar surface area (TPSA) is 68.2 Å². The molecule has 6 heteroatoms. The lowest BCUT2D eigenvalue weighted by molar-refractivity contribution is 0.628. The Kier molecular flexibility index (Phi) is 3.90. The average Bonchev–Trinajstić information content (AvgIpc) is 3.20. The van der Waals surface area contributed by atoms with Gasteiger partial charge in [-0.05, 0) is 44.4 Å². The van der Waals surface area contributed by atoms with E-state index in [-0.39, 0.29) is 5.82 Å². The molecule has 0 radical (unpaired) electrons. The SMILES string of the molecule is NCCCNc1c2c(nc3cc(-c4cccc(F)c4)nn13)CCC2. The van der Waals surface area contributed by atoms with Gasteiger partial charge in [0.25, 0.3) is 0 Å². The van der Waals surface area contributed by atoms with Crippen molar-refractivity contribution in [3.05, 3.63) is 47.4 Å². The van der Waals surface area contributed by atoms with E-state index in [0.717, 1.165) is 60.6 Å². The third kappa shape index (κ3) is 2.63. The van der Waals surface area contributed by atoms with Crippen LogP contribution in [0.5, 0.6) is 0 Å². The largest absolute Gasteiger partial charge is 0.370 e. The number of benzene rings is 1. The van der Waals surface area contributed by atoms with Crippen molar-refractivity contribution in [2.45, 2.75) is 25.7 Å². The zero-order valence-electron chi connectivity index (χ0n) is 13.4. The van der Waals surface area contributed by atoms with Crippen molar-refractivity contribution in [3.8, 4) is 11.3 Å². The maximum atomic E-state index is 13.5. The van der Waals surface area contributed by atoms with Crippen LogP contribution in [0.2, 0.25) is 0 Å². The summed E-state index contributed by atoms with van der Waals surface area (Å²) in [5.41, 5.74) is 10.3. The minimum Gasteiger partial charge on any atom is -0.370 e. The van der Waals surface area contributed by atoms with Crippen LogP contribution in [0.3, 0.4) is 0 Å². The molecular weight excluding hydrogens is 305 g/mol. The van der Waals surface area contributed by atoms with Crippen LogP contribution in [0.4, 0.5) is 10.2 Å². The van der Waals surface area contributed by atoms with Crippen molar-refractivity contribution >= 4 is 11.5 Å². The van der Waals surface area contributed by atoms with Gasteiger partial charge in [-0.2, -0.15) is 9.61 Å². The highest BCUT2D eigenvalue weighted by molar-refractivity contribution is 5.67. The molecule has 2 aromatic heterocycles. The molecule has 0 aliphatic heterocycles. The lowest BCUT2D eigenvalue weighted by Gasteiger charge is -2.12. The van der Waals surface area contributed by atoms with Crippen LogP contribution >= 0.6 is 0 Å². The molecule has 0 saturated heterocycles. The Bertz CT molecular complexity index is 886. The van der Waals surface area contributed by atoms with Crippen LogP contribution < -0.4 is 11.1 Å². The van der Waals surface area contributed by atoms with E-state index in [9.17, 15) is 4.39 Å². The van der Waals surface area contributed by atoms with E-state index in [1.807, 2.05) is 16.6 Å². The molecule has 2 heterocycles. The van der Waals surface area contributed by atoms with Crippen molar-refractivity contribution in [2.75, 3.05) is 18.4 Å². The van der Waals surface area contributed by atoms with Gasteiger partial charge in [0.1, 0.15) is 11.6 Å². The van der Waals surface area contributed by atoms with E-state index in [1.54, 1.807) is 6.07 Å². The monoisotopic (exact) mass is 325 g/mol. The van der Waals surface area contributed by atoms with Gasteiger partial charge in [-0.15, -0.1) is 0 Å². The quantitative estimate of drug-likeness (QED) is 0.708. The molecule has 0 saturated carbocycles. The summed E-state index contributed by atoms with van der Waals surface area (Å²) in [6.45, 7) is 1.45. The second-order valence-corrected chi connectivity index (χ2v) is 6.12. The third-order valence-corrected chi connectivity index (χ3v) is 4.42. The first-order chi connectivity index (χ1) is 11.8. The van der Waals surface area contributed by atoms with E-state index in [1.165, 1.54) is 17.7 Å². The minimum atomic E-state index is -0.263. The van der Waals surface area contributed by atoms with Crippen LogP contribution in [0.15, 0.2) is 30.3 Å². The number of nitrogens with two attached hydrogens (primary N) is 1. The first-order valence-electron chi connectivity index (χ1n) is 8.37. The number of halogens is 1. The Labute approximate surface area is 139 Å². The molecule has 124 valence electrons. The molecule has 0 bridgehead atoms. The zero-order chi connectivity index (χ0) is 16.5. The Morgan fingerprint density at radius 2 is 2.17 bits per heavy atom. The molecule has 3 aromatic rings. The summed E-state index contributed by atoms with van der Waals surface area (Å²) in [6.07, 6.45) is 4.03. The first-order valence-corrected chi connectivity index (χ1v) is 8.37. The van der Waals surface area contributed by atoms with Crippen LogP contribution in [0, 0.1) is 5.82 Å². The fourth-order valence-corrected chi connectivity index (χ4v) is 3.27. The number of nitrogens with one attached hydrogen (secondary N) is 1. The highest BCUT2D eigenvalue weighted by atomic mass is 19.1. The van der Waals surface area contributed by atoms with Gasteiger partial charge in [0.05, 0.1) is 5.69 Å². The lowest BCUT2D eigenvalue weighted by Crippen LogP contribution is -2.14. The second-order valence-electron chi connectivity index (χ2n) is 6.12. The maximum Gasteiger partial charge on any atom is 0.158 e. The molecule has 24 heavy (non-hydrogen) atoms. The smallest absolute Gasteiger partial charge is 0.158 e. The van der Waals surface area contributed by atoms with Crippen molar-refractivity contribution in [3.63, 3.8) is 0 Å². The molecule has 1 aliphatic carbocycles. The minimum absolute atomic E-state index is 0.263. The molecule has 3 N–H and O–H groups in total. The van der Waals surface area contributed by atoms with E-state index in [0.29, 0.717) is 6.54 Å². The molecule has 1 aliphatic rings. The summed E-state index contributed by atoms with van der Waals surface area (Å²) in [4.78, 5) is 4.76. The molecule has 4 rings (SSSR count). The fraction of sp³-hybridized carbons (Fsp3) is 0.333. The third-order valence-electron chi connectivity index (χ3n) is 4.42. The van der Waals surface area contributed by atoms with Crippen molar-refractivity contribution in [1.82, 2.24) is 14.6 Å². The molecule has 0 atom stereocenters. The summed E-state index contributed by atoms with van der Waals surface area (Å²) >= 11 is 0. The molecule has 0 amide bonds. The highest BCUT2D eigenvalue weighted by Crippen LogP contribution is 2.30. The van der Waals surface area contributed by atoms with Gasteiger partial charge in [-0.1, -0.05) is 12.1 Å². The van der Waals surface area contributed by atoms with Crippen LogP contribution in [0.25, 0.3) is 16.9 Å². The molecule has 0 unspecified atom stereocenters. The Morgan fingerprint density at radius 3 is 3.00 bits per heavy atom. The summed E-state index contributed by atoms with van der Waals surface area (Å²) < 4.78 is 15.4. The number of fused-ring (bicyclic) bond motifs is 2. The maximum absolute atomic E-state index is 13.5. The number of anilines is 1. The van der Waals surface area contributed by atoms with Gasteiger partial charge in [0, 0.05) is 29.4 Å². The summed E-state index contributed by atoms with van der Waals surface area (Å²) in [5, 5.41) is 8.15. The van der Waals surface area contributed by atoms with Gasteiger partial charge < -0.3 is 11.1 Å². The van der Waals surface area contributed by atoms with E-state index >= 15 is 0 Å². The standard InChI is InChI=1S/C18H20FN5/c19-13-5-1-4-12(10-13)16-11-17-22-15-7-2-6-14(15)18(24(17)23-16)21-9-3-8-20/h1,4-5,10-11,21H,2-3,6-9,20H2.